The van der Waals surface area contributed by atoms with Gasteiger partial charge in [0.1, 0.15) is 0 Å². The molecule has 1 heterocycles. The molecule has 1 aromatic heterocycles. The number of carbonyl (C=O) groups excluding carboxylic acids is 1. The van der Waals surface area contributed by atoms with Crippen LogP contribution in [0.4, 0.5) is 11.4 Å². The van der Waals surface area contributed by atoms with Gasteiger partial charge in [-0.1, -0.05) is 18.2 Å². The van der Waals surface area contributed by atoms with E-state index in [-0.39, 0.29) is 5.91 Å². The summed E-state index contributed by atoms with van der Waals surface area (Å²) in [6.45, 7) is 1.94. The number of nitrogens with two attached hydrogens (primary N) is 1. The third-order valence-electron chi connectivity index (χ3n) is 2.98. The molecular weight excluding hydrogens is 256 g/mol. The van der Waals surface area contributed by atoms with E-state index in [4.69, 9.17) is 5.73 Å². The van der Waals surface area contributed by atoms with Crippen molar-refractivity contribution in [1.82, 2.24) is 0 Å². The van der Waals surface area contributed by atoms with E-state index >= 15 is 0 Å². The summed E-state index contributed by atoms with van der Waals surface area (Å²) < 4.78 is 0. The van der Waals surface area contributed by atoms with E-state index in [2.05, 4.69) is 16.8 Å². The smallest absolute Gasteiger partial charge is 0.224 e. The van der Waals surface area contributed by atoms with Gasteiger partial charge in [-0.05, 0) is 42.8 Å². The fourth-order valence-corrected chi connectivity index (χ4v) is 2.69. The second kappa shape index (κ2) is 6.38. The monoisotopic (exact) mass is 274 g/mol. The number of aryl methyl sites for hydroxylation is 2. The Morgan fingerprint density at radius 2 is 2.16 bits per heavy atom. The minimum atomic E-state index is 0.0255. The van der Waals surface area contributed by atoms with Crippen molar-refractivity contribution in [3.8, 4) is 0 Å². The predicted molar refractivity (Wildman–Crippen MR) is 81.5 cm³/mol. The molecule has 0 atom stereocenters. The van der Waals surface area contributed by atoms with Crippen molar-refractivity contribution >= 4 is 28.6 Å². The van der Waals surface area contributed by atoms with Gasteiger partial charge in [-0.15, -0.1) is 11.3 Å². The number of rotatable bonds is 5. The van der Waals surface area contributed by atoms with Crippen LogP contribution in [0.2, 0.25) is 0 Å². The Bertz CT molecular complexity index is 529. The summed E-state index contributed by atoms with van der Waals surface area (Å²) in [5, 5.41) is 4.96. The van der Waals surface area contributed by atoms with Crippen molar-refractivity contribution in [3.05, 3.63) is 46.2 Å². The van der Waals surface area contributed by atoms with Crippen molar-refractivity contribution in [2.45, 2.75) is 26.2 Å². The van der Waals surface area contributed by atoms with Gasteiger partial charge in [0.2, 0.25) is 5.91 Å². The van der Waals surface area contributed by atoms with Gasteiger partial charge in [0, 0.05) is 11.3 Å². The molecule has 2 aromatic rings. The SMILES string of the molecule is Cc1cccc(N)c1NC(=O)CCCc1cccs1. The Balaban J connectivity index is 1.84. The van der Waals surface area contributed by atoms with E-state index in [0.717, 1.165) is 24.1 Å². The Hall–Kier alpha value is -1.81. The molecule has 0 saturated heterocycles. The maximum Gasteiger partial charge on any atom is 0.224 e. The molecule has 2 rings (SSSR count). The number of thiophene rings is 1. The van der Waals surface area contributed by atoms with Crippen molar-refractivity contribution < 1.29 is 4.79 Å². The fraction of sp³-hybridized carbons (Fsp3) is 0.267. The van der Waals surface area contributed by atoms with Gasteiger partial charge in [-0.3, -0.25) is 4.79 Å². The second-order valence-electron chi connectivity index (χ2n) is 4.52. The zero-order chi connectivity index (χ0) is 13.7. The largest absolute Gasteiger partial charge is 0.397 e. The van der Waals surface area contributed by atoms with Crippen LogP contribution in [0.3, 0.4) is 0 Å². The highest BCUT2D eigenvalue weighted by Gasteiger charge is 2.07. The minimum absolute atomic E-state index is 0.0255. The predicted octanol–water partition coefficient (Wildman–Crippen LogP) is 3.60. The lowest BCUT2D eigenvalue weighted by Gasteiger charge is -2.10. The zero-order valence-corrected chi connectivity index (χ0v) is 11.8. The van der Waals surface area contributed by atoms with Gasteiger partial charge in [-0.25, -0.2) is 0 Å². The standard InChI is InChI=1S/C15H18N2OS/c1-11-5-2-8-13(16)15(11)17-14(18)9-3-6-12-7-4-10-19-12/h2,4-5,7-8,10H,3,6,9,16H2,1H3,(H,17,18). The molecule has 0 aliphatic rings. The molecule has 0 saturated carbocycles. The summed E-state index contributed by atoms with van der Waals surface area (Å²) in [4.78, 5) is 13.2. The maximum absolute atomic E-state index is 11.9. The molecule has 0 bridgehead atoms. The number of nitrogen functional groups attached to an aromatic ring is 1. The topological polar surface area (TPSA) is 55.1 Å². The van der Waals surface area contributed by atoms with Crippen LogP contribution in [0.5, 0.6) is 0 Å². The lowest BCUT2D eigenvalue weighted by molar-refractivity contribution is -0.116. The summed E-state index contributed by atoms with van der Waals surface area (Å²) in [5.41, 5.74) is 8.21. The molecule has 0 radical (unpaired) electrons. The molecule has 1 amide bonds. The molecule has 1 aromatic carbocycles. The molecule has 19 heavy (non-hydrogen) atoms. The lowest BCUT2D eigenvalue weighted by atomic mass is 10.1. The Morgan fingerprint density at radius 1 is 1.32 bits per heavy atom. The van der Waals surface area contributed by atoms with Crippen LogP contribution in [0.25, 0.3) is 0 Å². The first-order valence-electron chi connectivity index (χ1n) is 6.34. The number of hydrogen-bond acceptors (Lipinski definition) is 3. The summed E-state index contributed by atoms with van der Waals surface area (Å²) >= 11 is 1.73. The van der Waals surface area contributed by atoms with Gasteiger partial charge < -0.3 is 11.1 Å². The van der Waals surface area contributed by atoms with Gasteiger partial charge >= 0.3 is 0 Å². The highest BCUT2D eigenvalue weighted by Crippen LogP contribution is 2.22. The lowest BCUT2D eigenvalue weighted by Crippen LogP contribution is -2.13. The number of hydrogen-bond donors (Lipinski definition) is 2. The number of nitrogens with one attached hydrogen (secondary N) is 1. The summed E-state index contributed by atoms with van der Waals surface area (Å²) in [6.07, 6.45) is 2.33. The van der Waals surface area contributed by atoms with Crippen molar-refractivity contribution in [2.24, 2.45) is 0 Å². The highest BCUT2D eigenvalue weighted by molar-refractivity contribution is 7.09. The quantitative estimate of drug-likeness (QED) is 0.818. The summed E-state index contributed by atoms with van der Waals surface area (Å²) in [6, 6.07) is 9.76. The van der Waals surface area contributed by atoms with E-state index < -0.39 is 0 Å². The van der Waals surface area contributed by atoms with Crippen molar-refractivity contribution in [1.29, 1.82) is 0 Å². The highest BCUT2D eigenvalue weighted by atomic mass is 32.1. The van der Waals surface area contributed by atoms with E-state index in [1.165, 1.54) is 4.88 Å². The van der Waals surface area contributed by atoms with Crippen LogP contribution in [0.1, 0.15) is 23.3 Å². The molecule has 0 unspecified atom stereocenters. The maximum atomic E-state index is 11.9. The Kier molecular flexibility index (Phi) is 4.58. The number of benzene rings is 1. The first-order chi connectivity index (χ1) is 9.16. The van der Waals surface area contributed by atoms with Crippen LogP contribution < -0.4 is 11.1 Å². The van der Waals surface area contributed by atoms with E-state index in [0.29, 0.717) is 12.1 Å². The average molecular weight is 274 g/mol. The first kappa shape index (κ1) is 13.6. The molecule has 3 nitrogen and oxygen atoms in total. The summed E-state index contributed by atoms with van der Waals surface area (Å²) in [7, 11) is 0. The molecule has 100 valence electrons. The number of para-hydroxylation sites is 1. The number of amides is 1. The van der Waals surface area contributed by atoms with Crippen LogP contribution in [0, 0.1) is 6.92 Å². The van der Waals surface area contributed by atoms with Gasteiger partial charge in [0.15, 0.2) is 0 Å². The van der Waals surface area contributed by atoms with Gasteiger partial charge in [-0.2, -0.15) is 0 Å². The molecule has 0 fully saturated rings. The van der Waals surface area contributed by atoms with Gasteiger partial charge in [0.25, 0.3) is 0 Å². The van der Waals surface area contributed by atoms with Crippen LogP contribution >= 0.6 is 11.3 Å². The molecule has 0 spiro atoms. The van der Waals surface area contributed by atoms with Crippen molar-refractivity contribution in [2.75, 3.05) is 11.1 Å². The first-order valence-corrected chi connectivity index (χ1v) is 7.22. The summed E-state index contributed by atoms with van der Waals surface area (Å²) in [5.74, 6) is 0.0255. The second-order valence-corrected chi connectivity index (χ2v) is 5.55. The van der Waals surface area contributed by atoms with E-state index in [9.17, 15) is 4.79 Å². The Labute approximate surface area is 117 Å². The zero-order valence-electron chi connectivity index (χ0n) is 11.0. The molecule has 0 aliphatic carbocycles. The van der Waals surface area contributed by atoms with Crippen molar-refractivity contribution in [3.63, 3.8) is 0 Å². The van der Waals surface area contributed by atoms with Gasteiger partial charge in [0.05, 0.1) is 11.4 Å². The number of anilines is 2. The van der Waals surface area contributed by atoms with E-state index in [1.54, 1.807) is 17.4 Å². The minimum Gasteiger partial charge on any atom is -0.397 e. The average Bonchev–Trinajstić information content (AvgIpc) is 2.87. The molecule has 4 heteroatoms. The normalized spacial score (nSPS) is 10.4. The third-order valence-corrected chi connectivity index (χ3v) is 3.91. The van der Waals surface area contributed by atoms with E-state index in [1.807, 2.05) is 25.1 Å². The molecular formula is C15H18N2OS. The Morgan fingerprint density at radius 3 is 2.84 bits per heavy atom. The van der Waals surface area contributed by atoms with Crippen LogP contribution in [-0.4, -0.2) is 5.91 Å². The fourth-order valence-electron chi connectivity index (χ4n) is 1.94. The number of carbonyl (C=O) groups is 1. The molecule has 3 N–H and O–H groups in total. The van der Waals surface area contributed by atoms with Crippen LogP contribution in [0.15, 0.2) is 35.7 Å². The van der Waals surface area contributed by atoms with Crippen LogP contribution in [-0.2, 0) is 11.2 Å². The molecule has 0 aliphatic heterocycles. The third kappa shape index (κ3) is 3.83.